The topological polar surface area (TPSA) is 75.2 Å². The third kappa shape index (κ3) is 3.88. The van der Waals surface area contributed by atoms with Crippen LogP contribution in [0.5, 0.6) is 0 Å². The predicted molar refractivity (Wildman–Crippen MR) is 88.2 cm³/mol. The Labute approximate surface area is 140 Å². The summed E-state index contributed by atoms with van der Waals surface area (Å²) < 4.78 is 3.84. The molecule has 0 aromatic carbocycles. The molecule has 1 aromatic rings. The summed E-state index contributed by atoms with van der Waals surface area (Å²) >= 11 is 1.17. The molecular formula is C16H24N4O2S. The lowest BCUT2D eigenvalue weighted by Gasteiger charge is -2.32. The lowest BCUT2D eigenvalue weighted by atomic mass is 9.96. The number of nitrogens with one attached hydrogen (secondary N) is 1. The summed E-state index contributed by atoms with van der Waals surface area (Å²) in [6.07, 6.45) is 6.35. The van der Waals surface area contributed by atoms with Crippen LogP contribution in [0.25, 0.3) is 0 Å². The number of likely N-dealkylation sites (tertiary alicyclic amines) is 1. The van der Waals surface area contributed by atoms with Gasteiger partial charge in [0.15, 0.2) is 0 Å². The fraction of sp³-hybridized carbons (Fsp3) is 0.750. The van der Waals surface area contributed by atoms with Crippen molar-refractivity contribution < 1.29 is 9.59 Å². The van der Waals surface area contributed by atoms with Gasteiger partial charge in [0.05, 0.1) is 5.69 Å². The first-order chi connectivity index (χ1) is 11.1. The Morgan fingerprint density at radius 3 is 2.52 bits per heavy atom. The molecule has 1 saturated carbocycles. The van der Waals surface area contributed by atoms with Crippen LogP contribution in [0.1, 0.15) is 53.9 Å². The first-order valence-electron chi connectivity index (χ1n) is 8.51. The number of piperidine rings is 1. The Balaban J connectivity index is 1.42. The molecule has 1 aliphatic carbocycles. The molecule has 2 amide bonds. The molecule has 0 spiro atoms. The molecule has 1 aromatic heterocycles. The molecule has 0 unspecified atom stereocenters. The van der Waals surface area contributed by atoms with E-state index in [1.165, 1.54) is 24.4 Å². The summed E-state index contributed by atoms with van der Waals surface area (Å²) in [5.41, 5.74) is 0.714. The average Bonchev–Trinajstić information content (AvgIpc) is 3.24. The molecule has 7 heteroatoms. The third-order valence-corrected chi connectivity index (χ3v) is 5.85. The van der Waals surface area contributed by atoms with Crippen LogP contribution in [0.4, 0.5) is 0 Å². The first kappa shape index (κ1) is 16.4. The molecule has 1 saturated heterocycles. The molecule has 2 heterocycles. The highest BCUT2D eigenvalue weighted by molar-refractivity contribution is 7.07. The zero-order valence-electron chi connectivity index (χ0n) is 13.6. The number of carbonyl (C=O) groups is 2. The number of aryl methyl sites for hydroxylation is 1. The molecule has 6 nitrogen and oxygen atoms in total. The molecule has 1 aliphatic heterocycles. The smallest absolute Gasteiger partial charge is 0.267 e. The van der Waals surface area contributed by atoms with Crippen LogP contribution in [-0.2, 0) is 4.79 Å². The number of hydrogen-bond donors (Lipinski definition) is 1. The number of nitrogens with zero attached hydrogens (tertiary/aromatic N) is 3. The summed E-state index contributed by atoms with van der Waals surface area (Å²) in [6.45, 7) is 4.07. The van der Waals surface area contributed by atoms with Crippen molar-refractivity contribution >= 4 is 23.3 Å². The highest BCUT2D eigenvalue weighted by Gasteiger charge is 2.27. The largest absolute Gasteiger partial charge is 0.356 e. The van der Waals surface area contributed by atoms with Crippen molar-refractivity contribution in [3.8, 4) is 0 Å². The summed E-state index contributed by atoms with van der Waals surface area (Å²) in [5.74, 6) is 0.988. The molecule has 0 bridgehead atoms. The Bertz CT molecular complexity index is 560. The minimum Gasteiger partial charge on any atom is -0.356 e. The normalized spacial score (nSPS) is 20.0. The number of aromatic nitrogens is 2. The number of amides is 2. The molecule has 3 rings (SSSR count). The predicted octanol–water partition coefficient (Wildman–Crippen LogP) is 2.01. The highest BCUT2D eigenvalue weighted by Crippen LogP contribution is 2.25. The quantitative estimate of drug-likeness (QED) is 0.912. The van der Waals surface area contributed by atoms with Crippen LogP contribution in [0.15, 0.2) is 0 Å². The fourth-order valence-electron chi connectivity index (χ4n) is 3.49. The summed E-state index contributed by atoms with van der Waals surface area (Å²) in [7, 11) is 0. The van der Waals surface area contributed by atoms with E-state index in [1.807, 2.05) is 11.8 Å². The van der Waals surface area contributed by atoms with Crippen molar-refractivity contribution in [2.75, 3.05) is 19.6 Å². The van der Waals surface area contributed by atoms with E-state index in [9.17, 15) is 9.59 Å². The number of carbonyl (C=O) groups excluding carboxylic acids is 2. The second-order valence-electron chi connectivity index (χ2n) is 6.65. The van der Waals surface area contributed by atoms with Crippen LogP contribution >= 0.6 is 11.5 Å². The molecule has 126 valence electrons. The van der Waals surface area contributed by atoms with Crippen LogP contribution in [-0.4, -0.2) is 45.9 Å². The summed E-state index contributed by atoms with van der Waals surface area (Å²) in [5, 5.41) is 7.02. The van der Waals surface area contributed by atoms with E-state index in [2.05, 4.69) is 14.9 Å². The van der Waals surface area contributed by atoms with E-state index in [1.54, 1.807) is 0 Å². The van der Waals surface area contributed by atoms with E-state index in [-0.39, 0.29) is 17.7 Å². The van der Waals surface area contributed by atoms with Crippen molar-refractivity contribution in [1.82, 2.24) is 19.8 Å². The van der Waals surface area contributed by atoms with Gasteiger partial charge in [-0.05, 0) is 50.1 Å². The molecule has 0 radical (unpaired) electrons. The third-order valence-electron chi connectivity index (χ3n) is 5.04. The van der Waals surface area contributed by atoms with E-state index in [0.717, 1.165) is 45.3 Å². The Hall–Kier alpha value is -1.50. The van der Waals surface area contributed by atoms with Crippen molar-refractivity contribution in [3.63, 3.8) is 0 Å². The molecule has 0 atom stereocenters. The minimum atomic E-state index is 0.0472. The summed E-state index contributed by atoms with van der Waals surface area (Å²) in [4.78, 5) is 27.0. The Morgan fingerprint density at radius 1 is 1.22 bits per heavy atom. The second kappa shape index (κ2) is 7.38. The second-order valence-corrected chi connectivity index (χ2v) is 7.40. The van der Waals surface area contributed by atoms with E-state index >= 15 is 0 Å². The SMILES string of the molecule is Cc1nnsc1C(=O)N1CCC(CNC(=O)C2CCCC2)CC1. The van der Waals surface area contributed by atoms with Crippen molar-refractivity contribution in [2.24, 2.45) is 11.8 Å². The molecule has 23 heavy (non-hydrogen) atoms. The first-order valence-corrected chi connectivity index (χ1v) is 9.28. The molecule has 2 aliphatic rings. The van der Waals surface area contributed by atoms with Gasteiger partial charge in [-0.1, -0.05) is 17.3 Å². The van der Waals surface area contributed by atoms with Crippen LogP contribution in [0.2, 0.25) is 0 Å². The van der Waals surface area contributed by atoms with E-state index in [4.69, 9.17) is 0 Å². The van der Waals surface area contributed by atoms with Gasteiger partial charge < -0.3 is 10.2 Å². The van der Waals surface area contributed by atoms with Gasteiger partial charge in [-0.2, -0.15) is 0 Å². The maximum Gasteiger partial charge on any atom is 0.267 e. The lowest BCUT2D eigenvalue weighted by molar-refractivity contribution is -0.125. The average molecular weight is 336 g/mol. The standard InChI is InChI=1S/C16H24N4O2S/c1-11-14(23-19-18-11)16(22)20-8-6-12(7-9-20)10-17-15(21)13-4-2-3-5-13/h12-13H,2-10H2,1H3,(H,17,21). The van der Waals surface area contributed by atoms with Crippen LogP contribution < -0.4 is 5.32 Å². The van der Waals surface area contributed by atoms with Gasteiger partial charge >= 0.3 is 0 Å². The molecular weight excluding hydrogens is 312 g/mol. The number of hydrogen-bond acceptors (Lipinski definition) is 5. The van der Waals surface area contributed by atoms with Crippen molar-refractivity contribution in [1.29, 1.82) is 0 Å². The van der Waals surface area contributed by atoms with Crippen LogP contribution in [0, 0.1) is 18.8 Å². The van der Waals surface area contributed by atoms with Crippen molar-refractivity contribution in [3.05, 3.63) is 10.6 Å². The van der Waals surface area contributed by atoms with Gasteiger partial charge in [0.2, 0.25) is 5.91 Å². The zero-order chi connectivity index (χ0) is 16.2. The maximum absolute atomic E-state index is 12.4. The molecule has 1 N–H and O–H groups in total. The van der Waals surface area contributed by atoms with Gasteiger partial charge in [-0.3, -0.25) is 9.59 Å². The van der Waals surface area contributed by atoms with Gasteiger partial charge in [0.25, 0.3) is 5.91 Å². The van der Waals surface area contributed by atoms with Crippen LogP contribution in [0.3, 0.4) is 0 Å². The Kier molecular flexibility index (Phi) is 5.25. The summed E-state index contributed by atoms with van der Waals surface area (Å²) in [6, 6.07) is 0. The van der Waals surface area contributed by atoms with Crippen molar-refractivity contribution in [2.45, 2.75) is 45.4 Å². The van der Waals surface area contributed by atoms with Gasteiger partial charge in [-0.25, -0.2) is 0 Å². The van der Waals surface area contributed by atoms with Gasteiger partial charge in [0, 0.05) is 25.6 Å². The highest BCUT2D eigenvalue weighted by atomic mass is 32.1. The molecule has 2 fully saturated rings. The maximum atomic E-state index is 12.4. The Morgan fingerprint density at radius 2 is 1.91 bits per heavy atom. The minimum absolute atomic E-state index is 0.0472. The monoisotopic (exact) mass is 336 g/mol. The number of rotatable bonds is 4. The van der Waals surface area contributed by atoms with Gasteiger partial charge in [-0.15, -0.1) is 5.10 Å². The van der Waals surface area contributed by atoms with Gasteiger partial charge in [0.1, 0.15) is 4.88 Å². The van der Waals surface area contributed by atoms with E-state index in [0.29, 0.717) is 16.5 Å². The zero-order valence-corrected chi connectivity index (χ0v) is 14.4. The lowest BCUT2D eigenvalue weighted by Crippen LogP contribution is -2.42. The fourth-order valence-corrected chi connectivity index (χ4v) is 4.11. The van der Waals surface area contributed by atoms with E-state index < -0.39 is 0 Å².